The highest BCUT2D eigenvalue weighted by atomic mass is 32.2. The lowest BCUT2D eigenvalue weighted by atomic mass is 10.3. The highest BCUT2D eigenvalue weighted by molar-refractivity contribution is 7.89. The van der Waals surface area contributed by atoms with Crippen molar-refractivity contribution in [3.63, 3.8) is 0 Å². The first-order valence-corrected chi connectivity index (χ1v) is 6.27. The first-order valence-electron chi connectivity index (χ1n) is 4.72. The van der Waals surface area contributed by atoms with Crippen molar-refractivity contribution < 1.29 is 13.2 Å². The van der Waals surface area contributed by atoms with Crippen molar-refractivity contribution >= 4 is 27.2 Å². The van der Waals surface area contributed by atoms with Crippen molar-refractivity contribution in [1.82, 2.24) is 0 Å². The molecule has 1 aromatic carbocycles. The fourth-order valence-electron chi connectivity index (χ4n) is 1.02. The molecule has 0 bridgehead atoms. The number of primary sulfonamides is 1. The van der Waals surface area contributed by atoms with Gasteiger partial charge in [0, 0.05) is 6.92 Å². The van der Waals surface area contributed by atoms with E-state index in [0.29, 0.717) is 5.69 Å². The van der Waals surface area contributed by atoms with E-state index in [0.717, 1.165) is 0 Å². The topological polar surface area (TPSA) is 125 Å². The van der Waals surface area contributed by atoms with Crippen LogP contribution >= 0.6 is 0 Å². The minimum absolute atomic E-state index is 0.0379. The second-order valence-electron chi connectivity index (χ2n) is 3.31. The Bertz CT molecular complexity index is 626. The number of carbonyl (C=O) groups excluding carboxylic acids is 1. The molecule has 8 heteroatoms. The molecule has 0 atom stereocenters. The van der Waals surface area contributed by atoms with Gasteiger partial charge in [-0.3, -0.25) is 10.2 Å². The fourth-order valence-corrected chi connectivity index (χ4v) is 1.54. The predicted molar refractivity (Wildman–Crippen MR) is 65.2 cm³/mol. The maximum absolute atomic E-state index is 11.0. The largest absolute Gasteiger partial charge is 0.292 e. The van der Waals surface area contributed by atoms with Crippen LogP contribution in [0.3, 0.4) is 0 Å². The van der Waals surface area contributed by atoms with E-state index >= 15 is 0 Å². The summed E-state index contributed by atoms with van der Waals surface area (Å²) in [6, 6.07) is 7.03. The van der Waals surface area contributed by atoms with Crippen LogP contribution in [-0.4, -0.2) is 19.9 Å². The molecule has 0 aliphatic heterocycles. The van der Waals surface area contributed by atoms with Crippen molar-refractivity contribution in [3.8, 4) is 6.07 Å². The lowest BCUT2D eigenvalue weighted by Crippen LogP contribution is -2.12. The highest BCUT2D eigenvalue weighted by Crippen LogP contribution is 2.12. The summed E-state index contributed by atoms with van der Waals surface area (Å²) in [5.41, 5.74) is 2.62. The quantitative estimate of drug-likeness (QED) is 0.595. The monoisotopic (exact) mass is 266 g/mol. The molecule has 1 rings (SSSR count). The molecule has 94 valence electrons. The van der Waals surface area contributed by atoms with Crippen LogP contribution in [0, 0.1) is 11.3 Å². The molecule has 0 unspecified atom stereocenters. The van der Waals surface area contributed by atoms with Crippen LogP contribution in [0.4, 0.5) is 5.69 Å². The van der Waals surface area contributed by atoms with E-state index in [-0.39, 0.29) is 10.6 Å². The van der Waals surface area contributed by atoms with E-state index in [9.17, 15) is 13.2 Å². The molecule has 1 aromatic rings. The van der Waals surface area contributed by atoms with Crippen molar-refractivity contribution in [3.05, 3.63) is 24.3 Å². The minimum atomic E-state index is -3.74. The van der Waals surface area contributed by atoms with Gasteiger partial charge in [-0.25, -0.2) is 13.6 Å². The molecule has 0 aromatic heterocycles. The van der Waals surface area contributed by atoms with Crippen molar-refractivity contribution in [2.45, 2.75) is 11.8 Å². The van der Waals surface area contributed by atoms with Gasteiger partial charge >= 0.3 is 0 Å². The zero-order chi connectivity index (χ0) is 13.8. The number of nitrogens with two attached hydrogens (primary N) is 1. The Labute approximate surface area is 104 Å². The zero-order valence-corrected chi connectivity index (χ0v) is 10.2. The van der Waals surface area contributed by atoms with Crippen LogP contribution in [0.5, 0.6) is 0 Å². The van der Waals surface area contributed by atoms with Gasteiger partial charge in [0.25, 0.3) is 0 Å². The summed E-state index contributed by atoms with van der Waals surface area (Å²) in [5.74, 6) is -0.467. The molecule has 0 fully saturated rings. The molecule has 18 heavy (non-hydrogen) atoms. The number of rotatable bonds is 4. The van der Waals surface area contributed by atoms with Crippen LogP contribution in [0.2, 0.25) is 0 Å². The fraction of sp³-hybridized carbons (Fsp3) is 0.100. The average Bonchev–Trinajstić information content (AvgIpc) is 2.29. The zero-order valence-electron chi connectivity index (χ0n) is 9.41. The Morgan fingerprint density at radius 2 is 1.94 bits per heavy atom. The molecule has 0 aliphatic carbocycles. The second kappa shape index (κ2) is 5.39. The number of hydrogen-bond acceptors (Lipinski definition) is 6. The maximum atomic E-state index is 11.0. The smallest absolute Gasteiger partial charge is 0.238 e. The molecule has 0 heterocycles. The van der Waals surface area contributed by atoms with Crippen LogP contribution in [0.25, 0.3) is 0 Å². The van der Waals surface area contributed by atoms with Crippen LogP contribution in [0.1, 0.15) is 6.92 Å². The molecule has 0 saturated carbocycles. The van der Waals surface area contributed by atoms with Crippen molar-refractivity contribution in [2.75, 3.05) is 5.43 Å². The molecule has 0 aliphatic rings. The Morgan fingerprint density at radius 3 is 2.33 bits per heavy atom. The SMILES string of the molecule is CC(=O)C(C#N)=NNc1ccc(S(N)(=O)=O)cc1. The number of hydrogen-bond donors (Lipinski definition) is 2. The summed E-state index contributed by atoms with van der Waals surface area (Å²) in [7, 11) is -3.74. The molecule has 7 nitrogen and oxygen atoms in total. The Hall–Kier alpha value is -2.24. The number of nitrogens with one attached hydrogen (secondary N) is 1. The summed E-state index contributed by atoms with van der Waals surface area (Å²) in [6.07, 6.45) is 0. The van der Waals surface area contributed by atoms with Gasteiger partial charge in [-0.2, -0.15) is 10.4 Å². The van der Waals surface area contributed by atoms with Crippen molar-refractivity contribution in [1.29, 1.82) is 5.26 Å². The molecule has 0 spiro atoms. The first-order chi connectivity index (χ1) is 8.34. The minimum Gasteiger partial charge on any atom is -0.292 e. The summed E-state index contributed by atoms with van der Waals surface area (Å²) >= 11 is 0. The van der Waals surface area contributed by atoms with Gasteiger partial charge in [0.2, 0.25) is 15.7 Å². The van der Waals surface area contributed by atoms with Crippen LogP contribution in [0.15, 0.2) is 34.3 Å². The Balaban J connectivity index is 2.89. The molecule has 3 N–H and O–H groups in total. The number of hydrazone groups is 1. The molecule has 0 amide bonds. The third kappa shape index (κ3) is 3.65. The maximum Gasteiger partial charge on any atom is 0.238 e. The summed E-state index contributed by atoms with van der Waals surface area (Å²) in [6.45, 7) is 1.22. The van der Waals surface area contributed by atoms with E-state index in [1.165, 1.54) is 31.2 Å². The number of Topliss-reactive ketones (excluding diaryl/α,β-unsaturated/α-hetero) is 1. The van der Waals surface area contributed by atoms with Gasteiger partial charge in [-0.05, 0) is 24.3 Å². The number of nitrogens with zero attached hydrogens (tertiary/aromatic N) is 2. The molecular formula is C10H10N4O3S. The summed E-state index contributed by atoms with van der Waals surface area (Å²) < 4.78 is 22.0. The van der Waals surface area contributed by atoms with E-state index in [1.807, 2.05) is 0 Å². The molecule has 0 radical (unpaired) electrons. The number of sulfonamides is 1. The lowest BCUT2D eigenvalue weighted by Gasteiger charge is -2.02. The number of ketones is 1. The van der Waals surface area contributed by atoms with Crippen molar-refractivity contribution in [2.24, 2.45) is 10.2 Å². The number of anilines is 1. The van der Waals surface area contributed by atoms with Gasteiger partial charge in [-0.15, -0.1) is 0 Å². The highest BCUT2D eigenvalue weighted by Gasteiger charge is 2.07. The van der Waals surface area contributed by atoms with E-state index in [4.69, 9.17) is 10.4 Å². The summed E-state index contributed by atoms with van der Waals surface area (Å²) in [4.78, 5) is 10.9. The number of benzene rings is 1. The van der Waals surface area contributed by atoms with Gasteiger partial charge < -0.3 is 0 Å². The third-order valence-corrected chi connectivity index (χ3v) is 2.85. The second-order valence-corrected chi connectivity index (χ2v) is 4.87. The van der Waals surface area contributed by atoms with Gasteiger partial charge in [0.1, 0.15) is 6.07 Å². The number of nitriles is 1. The number of carbonyl (C=O) groups is 1. The lowest BCUT2D eigenvalue weighted by molar-refractivity contribution is -0.110. The van der Waals surface area contributed by atoms with Gasteiger partial charge in [-0.1, -0.05) is 0 Å². The normalized spacial score (nSPS) is 11.7. The van der Waals surface area contributed by atoms with Crippen LogP contribution < -0.4 is 10.6 Å². The van der Waals surface area contributed by atoms with Gasteiger partial charge in [0.15, 0.2) is 5.78 Å². The Morgan fingerprint density at radius 1 is 1.39 bits per heavy atom. The van der Waals surface area contributed by atoms with E-state index in [2.05, 4.69) is 10.5 Å². The summed E-state index contributed by atoms with van der Waals surface area (Å²) in [5, 5.41) is 17.1. The standard InChI is InChI=1S/C10H10N4O3S/c1-7(15)10(6-11)14-13-8-2-4-9(5-3-8)18(12,16)17/h2-5,13H,1H3,(H2,12,16,17). The first kappa shape index (κ1) is 13.8. The predicted octanol–water partition coefficient (Wildman–Crippen LogP) is 0.214. The third-order valence-electron chi connectivity index (χ3n) is 1.92. The van der Waals surface area contributed by atoms with Gasteiger partial charge in [0.05, 0.1) is 10.6 Å². The van der Waals surface area contributed by atoms with Crippen LogP contribution in [-0.2, 0) is 14.8 Å². The van der Waals surface area contributed by atoms with E-state index in [1.54, 1.807) is 6.07 Å². The average molecular weight is 266 g/mol. The molecule has 0 saturated heterocycles. The molecular weight excluding hydrogens is 256 g/mol. The van der Waals surface area contributed by atoms with E-state index < -0.39 is 15.8 Å². The Kier molecular flexibility index (Phi) is 4.14.